The van der Waals surface area contributed by atoms with Gasteiger partial charge in [-0.15, -0.1) is 0 Å². The zero-order valence-electron chi connectivity index (χ0n) is 26.6. The van der Waals surface area contributed by atoms with E-state index in [1.807, 2.05) is 50.2 Å². The highest BCUT2D eigenvalue weighted by atomic mass is 35.5. The normalized spacial score (nSPS) is 17.4. The number of hydrogen-bond donors (Lipinski definition) is 4. The first kappa shape index (κ1) is 32.7. The van der Waals surface area contributed by atoms with Gasteiger partial charge in [-0.3, -0.25) is 9.69 Å². The van der Waals surface area contributed by atoms with Gasteiger partial charge in [-0.2, -0.15) is 0 Å². The summed E-state index contributed by atoms with van der Waals surface area (Å²) in [6.45, 7) is 4.28. The van der Waals surface area contributed by atoms with Crippen molar-refractivity contribution in [3.05, 3.63) is 130 Å². The molecule has 2 atom stereocenters. The van der Waals surface area contributed by atoms with E-state index in [2.05, 4.69) is 10.6 Å². The predicted molar refractivity (Wildman–Crippen MR) is 184 cm³/mol. The van der Waals surface area contributed by atoms with Gasteiger partial charge in [0.1, 0.15) is 29.8 Å². The minimum atomic E-state index is -1.30. The number of halogens is 1. The van der Waals surface area contributed by atoms with Crippen molar-refractivity contribution in [3.63, 3.8) is 0 Å². The molecule has 1 aliphatic heterocycles. The number of phenolic OH excluding ortho intramolecular Hbond substituents is 1. The number of phenols is 1. The Morgan fingerprint density at radius 1 is 0.979 bits per heavy atom. The number of benzene rings is 4. The van der Waals surface area contributed by atoms with E-state index in [9.17, 15) is 24.6 Å². The van der Waals surface area contributed by atoms with Crippen LogP contribution < -0.4 is 20.3 Å². The molecule has 4 N–H and O–H groups in total. The molecule has 48 heavy (non-hydrogen) atoms. The lowest BCUT2D eigenvalue weighted by atomic mass is 9.73. The quantitative estimate of drug-likeness (QED) is 0.142. The van der Waals surface area contributed by atoms with Crippen LogP contribution in [0.25, 0.3) is 0 Å². The zero-order valence-corrected chi connectivity index (χ0v) is 27.3. The highest BCUT2D eigenvalue weighted by Gasteiger charge is 2.45. The Labute approximate surface area is 283 Å². The van der Waals surface area contributed by atoms with Crippen molar-refractivity contribution in [2.45, 2.75) is 51.8 Å². The summed E-state index contributed by atoms with van der Waals surface area (Å²) < 4.78 is 6.01. The van der Waals surface area contributed by atoms with E-state index in [0.29, 0.717) is 35.6 Å². The summed E-state index contributed by atoms with van der Waals surface area (Å²) >= 11 is 6.99. The maximum atomic E-state index is 14.5. The van der Waals surface area contributed by atoms with Gasteiger partial charge in [-0.25, -0.2) is 9.59 Å². The van der Waals surface area contributed by atoms with Crippen LogP contribution in [0.3, 0.4) is 0 Å². The Bertz CT molecular complexity index is 1890. The first-order valence-corrected chi connectivity index (χ1v) is 16.1. The molecule has 6 rings (SSSR count). The van der Waals surface area contributed by atoms with Gasteiger partial charge in [0.25, 0.3) is 0 Å². The molecule has 1 heterocycles. The van der Waals surface area contributed by atoms with Crippen LogP contribution in [0.2, 0.25) is 5.02 Å². The van der Waals surface area contributed by atoms with Gasteiger partial charge in [0.05, 0.1) is 11.7 Å². The minimum Gasteiger partial charge on any atom is -0.506 e. The second-order valence-corrected chi connectivity index (χ2v) is 13.3. The average Bonchev–Trinajstić information content (AvgIpc) is 3.19. The largest absolute Gasteiger partial charge is 0.506 e. The Morgan fingerprint density at radius 2 is 1.67 bits per heavy atom. The molecule has 2 aliphatic rings. The monoisotopic (exact) mass is 665 g/mol. The van der Waals surface area contributed by atoms with E-state index in [1.165, 1.54) is 11.0 Å². The van der Waals surface area contributed by atoms with Crippen molar-refractivity contribution < 1.29 is 29.3 Å². The second-order valence-electron chi connectivity index (χ2n) is 12.9. The van der Waals surface area contributed by atoms with E-state index in [-0.39, 0.29) is 40.8 Å². The highest BCUT2D eigenvalue weighted by Crippen LogP contribution is 2.51. The Hall–Kier alpha value is -5.28. The maximum Gasteiger partial charge on any atom is 0.326 e. The number of anilines is 2. The van der Waals surface area contributed by atoms with E-state index in [0.717, 1.165) is 11.1 Å². The molecule has 1 aliphatic carbocycles. The third-order valence-electron chi connectivity index (χ3n) is 8.62. The molecule has 0 spiro atoms. The van der Waals surface area contributed by atoms with E-state index in [4.69, 9.17) is 16.3 Å². The van der Waals surface area contributed by atoms with Crippen LogP contribution in [0.15, 0.2) is 108 Å². The number of aromatic hydroxyl groups is 1. The molecule has 10 heteroatoms. The number of ketones is 1. The molecule has 9 nitrogen and oxygen atoms in total. The number of Topliss-reactive ketones (excluding diaryl/α,β-unsaturated/α-hetero) is 1. The molecule has 246 valence electrons. The van der Waals surface area contributed by atoms with Crippen molar-refractivity contribution in [1.29, 1.82) is 0 Å². The number of carboxylic acid groups (broad SMARTS) is 1. The maximum absolute atomic E-state index is 14.5. The Kier molecular flexibility index (Phi) is 9.15. The van der Waals surface area contributed by atoms with Crippen LogP contribution in [0, 0.1) is 5.41 Å². The lowest BCUT2D eigenvalue weighted by molar-refractivity contribution is -0.139. The topological polar surface area (TPSA) is 128 Å². The third-order valence-corrected chi connectivity index (χ3v) is 8.95. The van der Waals surface area contributed by atoms with Gasteiger partial charge in [0, 0.05) is 29.1 Å². The number of allylic oxidation sites excluding steroid dienone is 1. The van der Waals surface area contributed by atoms with Crippen molar-refractivity contribution in [2.24, 2.45) is 5.41 Å². The summed E-state index contributed by atoms with van der Waals surface area (Å²) in [5, 5.41) is 27.5. The number of carbonyl (C=O) groups excluding carboxylic acids is 2. The number of para-hydroxylation sites is 1. The van der Waals surface area contributed by atoms with Gasteiger partial charge in [-0.05, 0) is 52.8 Å². The fourth-order valence-corrected chi connectivity index (χ4v) is 6.66. The molecule has 2 amide bonds. The number of carboxylic acids is 1. The molecule has 4 aromatic carbocycles. The van der Waals surface area contributed by atoms with Crippen LogP contribution in [0.1, 0.15) is 49.4 Å². The molecule has 0 fully saturated rings. The molecule has 0 saturated carbocycles. The van der Waals surface area contributed by atoms with Crippen molar-refractivity contribution in [1.82, 2.24) is 5.32 Å². The SMILES string of the molecule is CC1(C)CC(=O)C2=C(C1)Nc1c(O)cccc1N(C(=O)N[C@@H](Cc1ccccc1)C(=O)O)C2c1ccc(OCc2ccccc2)cc1Cl. The first-order valence-electron chi connectivity index (χ1n) is 15.7. The fourth-order valence-electron chi connectivity index (χ4n) is 6.39. The number of ether oxygens (including phenoxy) is 1. The van der Waals surface area contributed by atoms with Crippen LogP contribution in [0.5, 0.6) is 11.5 Å². The van der Waals surface area contributed by atoms with E-state index < -0.39 is 29.5 Å². The minimum absolute atomic E-state index is 0.0286. The van der Waals surface area contributed by atoms with Crippen LogP contribution in [-0.2, 0) is 22.6 Å². The molecular formula is C38H36ClN3O6. The number of amides is 2. The number of fused-ring (bicyclic) bond motifs is 1. The van der Waals surface area contributed by atoms with Gasteiger partial charge in [-0.1, -0.05) is 98.2 Å². The van der Waals surface area contributed by atoms with E-state index >= 15 is 0 Å². The number of aliphatic carboxylic acids is 1. The van der Waals surface area contributed by atoms with Crippen molar-refractivity contribution in [3.8, 4) is 11.5 Å². The predicted octanol–water partition coefficient (Wildman–Crippen LogP) is 7.65. The molecule has 0 saturated heterocycles. The summed E-state index contributed by atoms with van der Waals surface area (Å²) in [7, 11) is 0. The smallest absolute Gasteiger partial charge is 0.326 e. The number of nitrogens with one attached hydrogen (secondary N) is 2. The summed E-state index contributed by atoms with van der Waals surface area (Å²) in [6.07, 6.45) is 0.694. The van der Waals surface area contributed by atoms with Gasteiger partial charge in [0.15, 0.2) is 5.78 Å². The number of carbonyl (C=O) groups is 3. The summed E-state index contributed by atoms with van der Waals surface area (Å²) in [4.78, 5) is 42.4. The average molecular weight is 666 g/mol. The van der Waals surface area contributed by atoms with Crippen LogP contribution in [-0.4, -0.2) is 34.0 Å². The van der Waals surface area contributed by atoms with Gasteiger partial charge < -0.3 is 25.6 Å². The van der Waals surface area contributed by atoms with Gasteiger partial charge in [0.2, 0.25) is 0 Å². The van der Waals surface area contributed by atoms with E-state index in [1.54, 1.807) is 54.6 Å². The Morgan fingerprint density at radius 3 is 2.33 bits per heavy atom. The molecule has 0 radical (unpaired) electrons. The summed E-state index contributed by atoms with van der Waals surface area (Å²) in [5.74, 6) is -1.06. The summed E-state index contributed by atoms with van der Waals surface area (Å²) in [5.41, 5.74) is 3.07. The number of hydrogen-bond acceptors (Lipinski definition) is 6. The fraction of sp³-hybridized carbons (Fsp3) is 0.237. The van der Waals surface area contributed by atoms with Gasteiger partial charge >= 0.3 is 12.0 Å². The number of nitrogens with zero attached hydrogens (tertiary/aromatic N) is 1. The molecule has 4 aromatic rings. The Balaban J connectivity index is 1.46. The van der Waals surface area contributed by atoms with Crippen LogP contribution in [0.4, 0.5) is 16.2 Å². The highest BCUT2D eigenvalue weighted by molar-refractivity contribution is 6.31. The molecular weight excluding hydrogens is 630 g/mol. The standard InChI is InChI=1S/C38H36ClN3O6/c1-38(2)20-29-33(32(44)21-38)35(26-17-16-25(19-27(26)39)48-22-24-12-7-4-8-13-24)42(30-14-9-15-31(43)34(30)40-29)37(47)41-28(36(45)46)18-23-10-5-3-6-11-23/h3-17,19,28,35,40,43H,18,20-22H2,1-2H3,(H,41,47)(H,45,46)/t28-,35?/m0/s1. The number of urea groups is 1. The lowest BCUT2D eigenvalue weighted by Crippen LogP contribution is -2.51. The zero-order chi connectivity index (χ0) is 34.0. The molecule has 0 bridgehead atoms. The summed E-state index contributed by atoms with van der Waals surface area (Å²) in [6, 6.07) is 25.3. The first-order chi connectivity index (χ1) is 23.0. The third kappa shape index (κ3) is 6.87. The lowest BCUT2D eigenvalue weighted by Gasteiger charge is -2.37. The van der Waals surface area contributed by atoms with Crippen LogP contribution >= 0.6 is 11.6 Å². The second kappa shape index (κ2) is 13.4. The van der Waals surface area contributed by atoms with Crippen molar-refractivity contribution >= 4 is 40.8 Å². The molecule has 0 aromatic heterocycles. The van der Waals surface area contributed by atoms with Crippen molar-refractivity contribution in [2.75, 3.05) is 10.2 Å². The molecule has 1 unspecified atom stereocenters. The number of rotatable bonds is 8.